The highest BCUT2D eigenvalue weighted by molar-refractivity contribution is 7.18. The number of fused-ring (bicyclic) bond motifs is 1. The minimum atomic E-state index is 0.861. The molecule has 0 atom stereocenters. The lowest BCUT2D eigenvalue weighted by molar-refractivity contribution is 0.946. The molecule has 21 heavy (non-hydrogen) atoms. The van der Waals surface area contributed by atoms with Crippen LogP contribution >= 0.6 is 11.3 Å². The second kappa shape index (κ2) is 6.22. The molecule has 1 N–H and O–H groups in total. The lowest BCUT2D eigenvalue weighted by atomic mass is 10.1. The number of nitrogens with one attached hydrogen (secondary N) is 1. The topological polar surface area (TPSA) is 37.8 Å². The first-order valence-electron chi connectivity index (χ1n) is 7.31. The summed E-state index contributed by atoms with van der Waals surface area (Å²) < 4.78 is 0. The largest absolute Gasteiger partial charge is 0.369 e. The van der Waals surface area contributed by atoms with E-state index in [4.69, 9.17) is 0 Å². The van der Waals surface area contributed by atoms with Crippen LogP contribution in [-0.4, -0.2) is 16.5 Å². The fourth-order valence-electron chi connectivity index (χ4n) is 2.35. The smallest absolute Gasteiger partial charge is 0.138 e. The van der Waals surface area contributed by atoms with E-state index in [0.29, 0.717) is 0 Å². The van der Waals surface area contributed by atoms with Crippen molar-refractivity contribution in [2.45, 2.75) is 26.7 Å². The zero-order valence-corrected chi connectivity index (χ0v) is 13.2. The first-order chi connectivity index (χ1) is 10.3. The van der Waals surface area contributed by atoms with E-state index >= 15 is 0 Å². The van der Waals surface area contributed by atoms with E-state index in [2.05, 4.69) is 59.5 Å². The van der Waals surface area contributed by atoms with Crippen molar-refractivity contribution in [3.63, 3.8) is 0 Å². The number of hydrogen-bond donors (Lipinski definition) is 1. The van der Waals surface area contributed by atoms with Crippen LogP contribution in [0.2, 0.25) is 0 Å². The molecule has 0 amide bonds. The lowest BCUT2D eigenvalue weighted by Crippen LogP contribution is -2.08. The lowest BCUT2D eigenvalue weighted by Gasteiger charge is -2.08. The van der Waals surface area contributed by atoms with Gasteiger partial charge in [-0.25, -0.2) is 9.97 Å². The molecule has 3 rings (SSSR count). The molecule has 0 saturated heterocycles. The molecule has 0 bridgehead atoms. The Labute approximate surface area is 129 Å². The van der Waals surface area contributed by atoms with Gasteiger partial charge in [0, 0.05) is 17.8 Å². The number of nitrogens with zero attached hydrogens (tertiary/aromatic N) is 2. The van der Waals surface area contributed by atoms with Crippen molar-refractivity contribution in [3.8, 4) is 0 Å². The molecule has 0 spiro atoms. The van der Waals surface area contributed by atoms with E-state index in [1.807, 2.05) is 6.07 Å². The average molecular weight is 297 g/mol. The molecule has 1 aromatic carbocycles. The molecule has 0 aliphatic heterocycles. The predicted molar refractivity (Wildman–Crippen MR) is 90.2 cm³/mol. The molecule has 0 radical (unpaired) electrons. The van der Waals surface area contributed by atoms with Gasteiger partial charge in [0.05, 0.1) is 5.39 Å². The van der Waals surface area contributed by atoms with Crippen molar-refractivity contribution >= 4 is 27.4 Å². The highest BCUT2D eigenvalue weighted by Gasteiger charge is 2.09. The van der Waals surface area contributed by atoms with Crippen molar-refractivity contribution in [2.75, 3.05) is 11.9 Å². The van der Waals surface area contributed by atoms with Gasteiger partial charge in [0.1, 0.15) is 16.5 Å². The Balaban J connectivity index is 1.79. The summed E-state index contributed by atoms with van der Waals surface area (Å²) >= 11 is 1.73. The second-order valence-corrected chi connectivity index (χ2v) is 6.32. The highest BCUT2D eigenvalue weighted by Crippen LogP contribution is 2.28. The molecule has 108 valence electrons. The van der Waals surface area contributed by atoms with Gasteiger partial charge in [-0.05, 0) is 25.0 Å². The number of anilines is 1. The summed E-state index contributed by atoms with van der Waals surface area (Å²) in [5, 5.41) is 4.62. The van der Waals surface area contributed by atoms with E-state index in [0.717, 1.165) is 41.2 Å². The highest BCUT2D eigenvalue weighted by atomic mass is 32.1. The molecule has 3 nitrogen and oxygen atoms in total. The van der Waals surface area contributed by atoms with E-state index in [1.165, 1.54) is 10.4 Å². The van der Waals surface area contributed by atoms with Crippen LogP contribution in [0.1, 0.15) is 23.2 Å². The fraction of sp³-hybridized carbons (Fsp3) is 0.294. The molecule has 0 unspecified atom stereocenters. The SMILES string of the molecule is CCc1nc(NCCc2ccccc2)c2cc(C)sc2n1. The van der Waals surface area contributed by atoms with E-state index in [1.54, 1.807) is 11.3 Å². The summed E-state index contributed by atoms with van der Waals surface area (Å²) in [5.74, 6) is 1.88. The van der Waals surface area contributed by atoms with Gasteiger partial charge in [-0.1, -0.05) is 37.3 Å². The van der Waals surface area contributed by atoms with Crippen molar-refractivity contribution in [3.05, 3.63) is 52.7 Å². The molecular formula is C17H19N3S. The van der Waals surface area contributed by atoms with Crippen LogP contribution in [0.15, 0.2) is 36.4 Å². The van der Waals surface area contributed by atoms with Crippen LogP contribution in [0.4, 0.5) is 5.82 Å². The van der Waals surface area contributed by atoms with Crippen molar-refractivity contribution in [1.82, 2.24) is 9.97 Å². The third-order valence-electron chi connectivity index (χ3n) is 3.43. The van der Waals surface area contributed by atoms with Crippen molar-refractivity contribution < 1.29 is 0 Å². The minimum absolute atomic E-state index is 0.861. The van der Waals surface area contributed by atoms with E-state index in [-0.39, 0.29) is 0 Å². The third-order valence-corrected chi connectivity index (χ3v) is 4.37. The summed E-state index contributed by atoms with van der Waals surface area (Å²) in [5.41, 5.74) is 1.34. The van der Waals surface area contributed by atoms with Crippen LogP contribution in [0.3, 0.4) is 0 Å². The Kier molecular flexibility index (Phi) is 4.15. The molecule has 0 aliphatic rings. The fourth-order valence-corrected chi connectivity index (χ4v) is 3.25. The Morgan fingerprint density at radius 3 is 2.71 bits per heavy atom. The predicted octanol–water partition coefficient (Wildman–Crippen LogP) is 4.22. The summed E-state index contributed by atoms with van der Waals surface area (Å²) in [4.78, 5) is 11.6. The van der Waals surface area contributed by atoms with Gasteiger partial charge in [0.15, 0.2) is 0 Å². The molecule has 0 aliphatic carbocycles. The molecule has 2 aromatic heterocycles. The van der Waals surface area contributed by atoms with Gasteiger partial charge in [-0.3, -0.25) is 0 Å². The van der Waals surface area contributed by atoms with Crippen molar-refractivity contribution in [1.29, 1.82) is 0 Å². The Bertz CT molecular complexity index is 734. The zero-order valence-electron chi connectivity index (χ0n) is 12.4. The van der Waals surface area contributed by atoms with Crippen LogP contribution < -0.4 is 5.32 Å². The van der Waals surface area contributed by atoms with Gasteiger partial charge in [0.25, 0.3) is 0 Å². The number of thiophene rings is 1. The standard InChI is InChI=1S/C17H19N3S/c1-3-15-19-16(14-11-12(2)21-17(14)20-15)18-10-9-13-7-5-4-6-8-13/h4-8,11H,3,9-10H2,1-2H3,(H,18,19,20). The molecule has 3 aromatic rings. The summed E-state index contributed by atoms with van der Waals surface area (Å²) in [7, 11) is 0. The zero-order chi connectivity index (χ0) is 14.7. The van der Waals surface area contributed by atoms with Gasteiger partial charge in [-0.15, -0.1) is 11.3 Å². The maximum Gasteiger partial charge on any atom is 0.138 e. The number of benzene rings is 1. The Hall–Kier alpha value is -1.94. The maximum absolute atomic E-state index is 4.65. The number of aromatic nitrogens is 2. The first-order valence-corrected chi connectivity index (χ1v) is 8.12. The molecule has 4 heteroatoms. The minimum Gasteiger partial charge on any atom is -0.369 e. The number of aryl methyl sites for hydroxylation is 2. The van der Waals surface area contributed by atoms with Gasteiger partial charge < -0.3 is 5.32 Å². The van der Waals surface area contributed by atoms with Crippen LogP contribution in [0, 0.1) is 6.92 Å². The Morgan fingerprint density at radius 1 is 1.14 bits per heavy atom. The third kappa shape index (κ3) is 3.22. The summed E-state index contributed by atoms with van der Waals surface area (Å²) in [6.07, 6.45) is 1.86. The first kappa shape index (κ1) is 14.0. The van der Waals surface area contributed by atoms with Crippen molar-refractivity contribution in [2.24, 2.45) is 0 Å². The van der Waals surface area contributed by atoms with Crippen LogP contribution in [0.5, 0.6) is 0 Å². The van der Waals surface area contributed by atoms with E-state index in [9.17, 15) is 0 Å². The Morgan fingerprint density at radius 2 is 1.95 bits per heavy atom. The summed E-state index contributed by atoms with van der Waals surface area (Å²) in [6.45, 7) is 5.09. The molecular weight excluding hydrogens is 278 g/mol. The maximum atomic E-state index is 4.65. The van der Waals surface area contributed by atoms with Crippen LogP contribution in [-0.2, 0) is 12.8 Å². The quantitative estimate of drug-likeness (QED) is 0.766. The molecule has 2 heterocycles. The van der Waals surface area contributed by atoms with Gasteiger partial charge >= 0.3 is 0 Å². The van der Waals surface area contributed by atoms with E-state index < -0.39 is 0 Å². The van der Waals surface area contributed by atoms with Gasteiger partial charge in [0.2, 0.25) is 0 Å². The molecule has 0 saturated carbocycles. The average Bonchev–Trinajstić information content (AvgIpc) is 2.88. The number of rotatable bonds is 5. The number of hydrogen-bond acceptors (Lipinski definition) is 4. The summed E-state index contributed by atoms with van der Waals surface area (Å²) in [6, 6.07) is 12.7. The van der Waals surface area contributed by atoms with Gasteiger partial charge in [-0.2, -0.15) is 0 Å². The normalized spacial score (nSPS) is 11.0. The van der Waals surface area contributed by atoms with Crippen LogP contribution in [0.25, 0.3) is 10.2 Å². The monoisotopic (exact) mass is 297 g/mol. The molecule has 0 fully saturated rings. The second-order valence-electron chi connectivity index (χ2n) is 5.08.